The topological polar surface area (TPSA) is 86.0 Å². The highest BCUT2D eigenvalue weighted by Crippen LogP contribution is 2.34. The number of ether oxygens (including phenoxy) is 1. The summed E-state index contributed by atoms with van der Waals surface area (Å²) in [5.74, 6) is -3.07. The number of aliphatic hydroxyl groups excluding tert-OH is 1. The Morgan fingerprint density at radius 3 is 2.81 bits per heavy atom. The number of hydrogen-bond acceptors (Lipinski definition) is 6. The Bertz CT molecular complexity index is 914. The van der Waals surface area contributed by atoms with Crippen molar-refractivity contribution < 1.29 is 18.6 Å². The molecule has 0 radical (unpaired) electrons. The summed E-state index contributed by atoms with van der Waals surface area (Å²) in [5, 5.41) is 16.8. The van der Waals surface area contributed by atoms with Gasteiger partial charge in [0.25, 0.3) is 5.92 Å². The Balaban J connectivity index is 1.75. The van der Waals surface area contributed by atoms with Crippen LogP contribution in [-0.2, 0) is 19.1 Å². The van der Waals surface area contributed by atoms with E-state index in [1.54, 1.807) is 12.1 Å². The monoisotopic (exact) mass is 381 g/mol. The molecule has 0 fully saturated rings. The molecule has 0 aliphatic carbocycles. The Hall–Kier alpha value is -2.65. The summed E-state index contributed by atoms with van der Waals surface area (Å²) in [5.41, 5.74) is 0.970. The summed E-state index contributed by atoms with van der Waals surface area (Å²) in [6.07, 6.45) is 3.00. The van der Waals surface area contributed by atoms with Gasteiger partial charge >= 0.3 is 6.01 Å². The molecule has 2 aromatic heterocycles. The third-order valence-electron chi connectivity index (χ3n) is 3.43. The Kier molecular flexibility index (Phi) is 5.10. The predicted molar refractivity (Wildman–Crippen MR) is 88.2 cm³/mol. The van der Waals surface area contributed by atoms with Gasteiger partial charge in [-0.05, 0) is 24.3 Å². The first-order chi connectivity index (χ1) is 12.4. The van der Waals surface area contributed by atoms with Gasteiger partial charge in [0.2, 0.25) is 0 Å². The molecule has 0 aliphatic heterocycles. The largest absolute Gasteiger partial charge is 0.457 e. The molecule has 7 nitrogen and oxygen atoms in total. The Morgan fingerprint density at radius 1 is 1.27 bits per heavy atom. The van der Waals surface area contributed by atoms with E-state index >= 15 is 0 Å². The number of hydrogen-bond donors (Lipinski definition) is 1. The van der Waals surface area contributed by atoms with Crippen LogP contribution in [0.1, 0.15) is 23.9 Å². The molecule has 1 N–H and O–H groups in total. The molecular weight excluding hydrogens is 368 g/mol. The first kappa shape index (κ1) is 18.2. The zero-order valence-electron chi connectivity index (χ0n) is 13.6. The van der Waals surface area contributed by atoms with Crippen LogP contribution >= 0.6 is 11.6 Å². The van der Waals surface area contributed by atoms with Gasteiger partial charge in [-0.15, -0.1) is 5.10 Å². The molecule has 0 amide bonds. The van der Waals surface area contributed by atoms with Crippen LogP contribution in [0.5, 0.6) is 6.01 Å². The molecule has 10 heteroatoms. The summed E-state index contributed by atoms with van der Waals surface area (Å²) >= 11 is 5.84. The number of benzene rings is 1. The SMILES string of the molecule is CC(F)(F)c1cc(-n2cc(COc3nccc(CO)n3)nn2)ccc1Cl. The summed E-state index contributed by atoms with van der Waals surface area (Å²) in [4.78, 5) is 7.90. The minimum absolute atomic E-state index is 0.0224. The van der Waals surface area contributed by atoms with Gasteiger partial charge < -0.3 is 9.84 Å². The minimum Gasteiger partial charge on any atom is -0.457 e. The second-order valence-electron chi connectivity index (χ2n) is 5.48. The molecule has 0 spiro atoms. The normalized spacial score (nSPS) is 11.6. The van der Waals surface area contributed by atoms with Gasteiger partial charge in [0.05, 0.1) is 24.2 Å². The lowest BCUT2D eigenvalue weighted by Gasteiger charge is -2.13. The summed E-state index contributed by atoms with van der Waals surface area (Å²) < 4.78 is 33.9. The van der Waals surface area contributed by atoms with Crippen LogP contribution < -0.4 is 4.74 Å². The van der Waals surface area contributed by atoms with Crippen molar-refractivity contribution in [1.29, 1.82) is 0 Å². The zero-order chi connectivity index (χ0) is 18.7. The molecule has 0 bridgehead atoms. The molecule has 136 valence electrons. The van der Waals surface area contributed by atoms with Gasteiger partial charge in [0.1, 0.15) is 12.3 Å². The van der Waals surface area contributed by atoms with Gasteiger partial charge in [-0.3, -0.25) is 0 Å². The highest BCUT2D eigenvalue weighted by atomic mass is 35.5. The van der Waals surface area contributed by atoms with E-state index in [1.807, 2.05) is 0 Å². The van der Waals surface area contributed by atoms with Crippen molar-refractivity contribution in [2.24, 2.45) is 0 Å². The third kappa shape index (κ3) is 4.12. The molecule has 0 saturated heterocycles. The average molecular weight is 382 g/mol. The van der Waals surface area contributed by atoms with Crippen molar-refractivity contribution in [2.45, 2.75) is 26.1 Å². The lowest BCUT2D eigenvalue weighted by Crippen LogP contribution is -2.09. The minimum atomic E-state index is -3.07. The Morgan fingerprint density at radius 2 is 2.08 bits per heavy atom. The number of nitrogens with zero attached hydrogens (tertiary/aromatic N) is 5. The fourth-order valence-corrected chi connectivity index (χ4v) is 2.44. The predicted octanol–water partition coefficient (Wildman–Crippen LogP) is 2.89. The third-order valence-corrected chi connectivity index (χ3v) is 3.76. The number of aliphatic hydroxyl groups is 1. The van der Waals surface area contributed by atoms with Crippen molar-refractivity contribution in [1.82, 2.24) is 25.0 Å². The van der Waals surface area contributed by atoms with Gasteiger partial charge in [-0.1, -0.05) is 16.8 Å². The van der Waals surface area contributed by atoms with Crippen LogP contribution in [0.2, 0.25) is 5.02 Å². The van der Waals surface area contributed by atoms with E-state index < -0.39 is 5.92 Å². The van der Waals surface area contributed by atoms with Gasteiger partial charge in [0.15, 0.2) is 0 Å². The zero-order valence-corrected chi connectivity index (χ0v) is 14.4. The van der Waals surface area contributed by atoms with Crippen molar-refractivity contribution in [2.75, 3.05) is 0 Å². The Labute approximate surface area is 152 Å². The number of aromatic nitrogens is 5. The van der Waals surface area contributed by atoms with Crippen LogP contribution in [0.25, 0.3) is 5.69 Å². The molecule has 1 aromatic carbocycles. The lowest BCUT2D eigenvalue weighted by molar-refractivity contribution is 0.0176. The van der Waals surface area contributed by atoms with Crippen molar-refractivity contribution in [3.05, 3.63) is 58.6 Å². The number of rotatable bonds is 6. The molecule has 3 rings (SSSR count). The number of halogens is 3. The van der Waals surface area contributed by atoms with E-state index in [2.05, 4.69) is 20.3 Å². The van der Waals surface area contributed by atoms with Gasteiger partial charge in [-0.2, -0.15) is 4.98 Å². The van der Waals surface area contributed by atoms with Crippen molar-refractivity contribution in [3.8, 4) is 11.7 Å². The molecular formula is C16H14ClF2N5O2. The van der Waals surface area contributed by atoms with Crippen LogP contribution in [-0.4, -0.2) is 30.1 Å². The van der Waals surface area contributed by atoms with Crippen LogP contribution in [0.15, 0.2) is 36.7 Å². The van der Waals surface area contributed by atoms with E-state index in [0.29, 0.717) is 17.1 Å². The molecule has 3 aromatic rings. The second-order valence-corrected chi connectivity index (χ2v) is 5.89. The quantitative estimate of drug-likeness (QED) is 0.706. The molecule has 26 heavy (non-hydrogen) atoms. The maximum Gasteiger partial charge on any atom is 0.317 e. The molecule has 0 atom stereocenters. The van der Waals surface area contributed by atoms with Crippen LogP contribution in [0.3, 0.4) is 0 Å². The number of alkyl halides is 2. The highest BCUT2D eigenvalue weighted by molar-refractivity contribution is 6.31. The van der Waals surface area contributed by atoms with E-state index in [-0.39, 0.29) is 29.8 Å². The first-order valence-electron chi connectivity index (χ1n) is 7.52. The molecule has 2 heterocycles. The lowest BCUT2D eigenvalue weighted by atomic mass is 10.1. The molecule has 0 aliphatic rings. The second kappa shape index (κ2) is 7.30. The van der Waals surface area contributed by atoms with Crippen molar-refractivity contribution in [3.63, 3.8) is 0 Å². The van der Waals surface area contributed by atoms with Gasteiger partial charge in [-0.25, -0.2) is 18.4 Å². The summed E-state index contributed by atoms with van der Waals surface area (Å²) in [7, 11) is 0. The smallest absolute Gasteiger partial charge is 0.317 e. The fraction of sp³-hybridized carbons (Fsp3) is 0.250. The van der Waals surface area contributed by atoms with Crippen LogP contribution in [0, 0.1) is 0 Å². The first-order valence-corrected chi connectivity index (χ1v) is 7.89. The van der Waals surface area contributed by atoms with Crippen molar-refractivity contribution >= 4 is 11.6 Å². The molecule has 0 unspecified atom stereocenters. The van der Waals surface area contributed by atoms with E-state index in [4.69, 9.17) is 21.4 Å². The van der Waals surface area contributed by atoms with Gasteiger partial charge in [0, 0.05) is 23.7 Å². The van der Waals surface area contributed by atoms with E-state index in [1.165, 1.54) is 29.2 Å². The maximum atomic E-state index is 13.6. The van der Waals surface area contributed by atoms with E-state index in [9.17, 15) is 8.78 Å². The average Bonchev–Trinajstić information content (AvgIpc) is 3.08. The summed E-state index contributed by atoms with van der Waals surface area (Å²) in [6.45, 7) is 0.578. The van der Waals surface area contributed by atoms with E-state index in [0.717, 1.165) is 6.92 Å². The fourth-order valence-electron chi connectivity index (χ4n) is 2.16. The summed E-state index contributed by atoms with van der Waals surface area (Å²) in [6, 6.07) is 5.85. The highest BCUT2D eigenvalue weighted by Gasteiger charge is 2.27. The van der Waals surface area contributed by atoms with Crippen LogP contribution in [0.4, 0.5) is 8.78 Å². The maximum absolute atomic E-state index is 13.6. The standard InChI is InChI=1S/C16H14ClF2N5O2/c1-16(18,19)13-6-12(2-3-14(13)17)24-7-11(22-23-24)9-26-15-20-5-4-10(8-25)21-15/h2-7,25H,8-9H2,1H3. The molecule has 0 saturated carbocycles.